The van der Waals surface area contributed by atoms with Gasteiger partial charge >= 0.3 is 0 Å². The van der Waals surface area contributed by atoms with E-state index in [1.54, 1.807) is 6.07 Å². The van der Waals surface area contributed by atoms with Gasteiger partial charge in [-0.1, -0.05) is 29.8 Å². The second-order valence-corrected chi connectivity index (χ2v) is 5.46. The molecule has 0 amide bonds. The lowest BCUT2D eigenvalue weighted by molar-refractivity contribution is 0.103. The van der Waals surface area contributed by atoms with Gasteiger partial charge in [-0.3, -0.25) is 4.79 Å². The normalized spacial score (nSPS) is 10.4. The number of ketones is 1. The van der Waals surface area contributed by atoms with Crippen LogP contribution in [0.15, 0.2) is 40.9 Å². The lowest BCUT2D eigenvalue weighted by atomic mass is 9.99. The Hall–Kier alpha value is -1.12. The molecular weight excluding hydrogens is 312 g/mol. The number of hydrogen-bond donors (Lipinski definition) is 0. The standard InChI is InChI=1S/C15H12BrClO/c1-9-6-7-11(8-10(9)2)15(18)12-4-3-5-13(16)14(12)17/h3-8H,1-2H3. The third-order valence-electron chi connectivity index (χ3n) is 2.97. The third kappa shape index (κ3) is 2.50. The van der Waals surface area contributed by atoms with Gasteiger partial charge in [-0.2, -0.15) is 0 Å². The third-order valence-corrected chi connectivity index (χ3v) is 4.26. The fraction of sp³-hybridized carbons (Fsp3) is 0.133. The highest BCUT2D eigenvalue weighted by atomic mass is 79.9. The van der Waals surface area contributed by atoms with Gasteiger partial charge in [0.1, 0.15) is 0 Å². The number of halogens is 2. The van der Waals surface area contributed by atoms with Crippen molar-refractivity contribution in [3.63, 3.8) is 0 Å². The van der Waals surface area contributed by atoms with Crippen LogP contribution in [-0.2, 0) is 0 Å². The molecule has 0 unspecified atom stereocenters. The fourth-order valence-corrected chi connectivity index (χ4v) is 2.30. The SMILES string of the molecule is Cc1ccc(C(=O)c2cccc(Br)c2Cl)cc1C. The molecule has 0 radical (unpaired) electrons. The number of carbonyl (C=O) groups excluding carboxylic acids is 1. The molecule has 0 aliphatic heterocycles. The van der Waals surface area contributed by atoms with Crippen LogP contribution in [0.2, 0.25) is 5.02 Å². The highest BCUT2D eigenvalue weighted by molar-refractivity contribution is 9.10. The van der Waals surface area contributed by atoms with Crippen LogP contribution in [0.3, 0.4) is 0 Å². The van der Waals surface area contributed by atoms with Gasteiger partial charge < -0.3 is 0 Å². The first kappa shape index (κ1) is 13.3. The summed E-state index contributed by atoms with van der Waals surface area (Å²) in [6.07, 6.45) is 0. The second kappa shape index (κ2) is 5.25. The molecule has 1 nitrogen and oxygen atoms in total. The monoisotopic (exact) mass is 322 g/mol. The van der Waals surface area contributed by atoms with E-state index in [0.717, 1.165) is 10.0 Å². The van der Waals surface area contributed by atoms with Gasteiger partial charge in [0.25, 0.3) is 0 Å². The Kier molecular flexibility index (Phi) is 3.88. The molecular formula is C15H12BrClO. The van der Waals surface area contributed by atoms with E-state index in [1.807, 2.05) is 44.2 Å². The minimum atomic E-state index is -0.0515. The van der Waals surface area contributed by atoms with Crippen molar-refractivity contribution in [2.24, 2.45) is 0 Å². The maximum Gasteiger partial charge on any atom is 0.194 e. The Morgan fingerprint density at radius 1 is 1.11 bits per heavy atom. The fourth-order valence-electron chi connectivity index (χ4n) is 1.72. The van der Waals surface area contributed by atoms with E-state index in [-0.39, 0.29) is 5.78 Å². The Morgan fingerprint density at radius 3 is 2.50 bits per heavy atom. The summed E-state index contributed by atoms with van der Waals surface area (Å²) < 4.78 is 0.735. The van der Waals surface area contributed by atoms with Crippen molar-refractivity contribution in [1.82, 2.24) is 0 Å². The quantitative estimate of drug-likeness (QED) is 0.715. The molecule has 0 aliphatic rings. The average molecular weight is 324 g/mol. The van der Waals surface area contributed by atoms with Crippen LogP contribution in [0.5, 0.6) is 0 Å². The van der Waals surface area contributed by atoms with Crippen molar-refractivity contribution in [1.29, 1.82) is 0 Å². The summed E-state index contributed by atoms with van der Waals surface area (Å²) >= 11 is 9.47. The number of carbonyl (C=O) groups is 1. The molecule has 3 heteroatoms. The number of benzene rings is 2. The predicted molar refractivity (Wildman–Crippen MR) is 78.5 cm³/mol. The van der Waals surface area contributed by atoms with Crippen LogP contribution in [0.25, 0.3) is 0 Å². The van der Waals surface area contributed by atoms with Gasteiger partial charge in [-0.05, 0) is 59.1 Å². The van der Waals surface area contributed by atoms with Gasteiger partial charge in [0.2, 0.25) is 0 Å². The Morgan fingerprint density at radius 2 is 1.83 bits per heavy atom. The molecule has 18 heavy (non-hydrogen) atoms. The molecule has 0 saturated heterocycles. The molecule has 0 bridgehead atoms. The van der Waals surface area contributed by atoms with E-state index in [1.165, 1.54) is 5.56 Å². The van der Waals surface area contributed by atoms with Crippen LogP contribution in [-0.4, -0.2) is 5.78 Å². The molecule has 0 atom stereocenters. The zero-order valence-corrected chi connectivity index (χ0v) is 12.5. The minimum Gasteiger partial charge on any atom is -0.289 e. The van der Waals surface area contributed by atoms with E-state index in [4.69, 9.17) is 11.6 Å². The van der Waals surface area contributed by atoms with Gasteiger partial charge in [0.15, 0.2) is 5.78 Å². The van der Waals surface area contributed by atoms with Gasteiger partial charge in [-0.15, -0.1) is 0 Å². The summed E-state index contributed by atoms with van der Waals surface area (Å²) in [5.41, 5.74) is 3.46. The Balaban J connectivity index is 2.48. The van der Waals surface area contributed by atoms with Crippen LogP contribution < -0.4 is 0 Å². The maximum absolute atomic E-state index is 12.4. The first-order valence-corrected chi connectivity index (χ1v) is 6.74. The van der Waals surface area contributed by atoms with Crippen molar-refractivity contribution in [3.8, 4) is 0 Å². The average Bonchev–Trinajstić information content (AvgIpc) is 2.35. The summed E-state index contributed by atoms with van der Waals surface area (Å²) in [4.78, 5) is 12.4. The Bertz CT molecular complexity index is 620. The summed E-state index contributed by atoms with van der Waals surface area (Å²) in [6.45, 7) is 4.02. The molecule has 0 N–H and O–H groups in total. The smallest absolute Gasteiger partial charge is 0.194 e. The van der Waals surface area contributed by atoms with Crippen LogP contribution in [0, 0.1) is 13.8 Å². The predicted octanol–water partition coefficient (Wildman–Crippen LogP) is 4.95. The van der Waals surface area contributed by atoms with Crippen molar-refractivity contribution >= 4 is 33.3 Å². The summed E-state index contributed by atoms with van der Waals surface area (Å²) in [6, 6.07) is 11.1. The second-order valence-electron chi connectivity index (χ2n) is 4.23. The van der Waals surface area contributed by atoms with Crippen molar-refractivity contribution in [2.75, 3.05) is 0 Å². The largest absolute Gasteiger partial charge is 0.289 e. The highest BCUT2D eigenvalue weighted by Crippen LogP contribution is 2.28. The Labute approximate surface area is 120 Å². The number of hydrogen-bond acceptors (Lipinski definition) is 1. The van der Waals surface area contributed by atoms with E-state index >= 15 is 0 Å². The first-order chi connectivity index (χ1) is 8.50. The molecule has 92 valence electrons. The minimum absolute atomic E-state index is 0.0515. The first-order valence-electron chi connectivity index (χ1n) is 5.56. The molecule has 0 aromatic heterocycles. The van der Waals surface area contributed by atoms with E-state index in [9.17, 15) is 4.79 Å². The summed E-state index contributed by atoms with van der Waals surface area (Å²) in [5.74, 6) is -0.0515. The summed E-state index contributed by atoms with van der Waals surface area (Å²) in [5, 5.41) is 0.459. The van der Waals surface area contributed by atoms with Crippen LogP contribution in [0.4, 0.5) is 0 Å². The van der Waals surface area contributed by atoms with Crippen molar-refractivity contribution in [2.45, 2.75) is 13.8 Å². The topological polar surface area (TPSA) is 17.1 Å². The molecule has 0 heterocycles. The van der Waals surface area contributed by atoms with Gasteiger partial charge in [-0.25, -0.2) is 0 Å². The maximum atomic E-state index is 12.4. The van der Waals surface area contributed by atoms with Crippen LogP contribution in [0.1, 0.15) is 27.0 Å². The molecule has 0 saturated carbocycles. The molecule has 0 fully saturated rings. The highest BCUT2D eigenvalue weighted by Gasteiger charge is 2.14. The van der Waals surface area contributed by atoms with Crippen molar-refractivity contribution in [3.05, 3.63) is 68.1 Å². The molecule has 2 aromatic rings. The zero-order valence-electron chi connectivity index (χ0n) is 10.1. The van der Waals surface area contributed by atoms with Crippen molar-refractivity contribution < 1.29 is 4.79 Å². The number of aryl methyl sites for hydroxylation is 2. The van der Waals surface area contributed by atoms with Gasteiger partial charge in [0, 0.05) is 15.6 Å². The lowest BCUT2D eigenvalue weighted by Crippen LogP contribution is -2.03. The summed E-state index contributed by atoms with van der Waals surface area (Å²) in [7, 11) is 0. The lowest BCUT2D eigenvalue weighted by Gasteiger charge is -2.07. The zero-order chi connectivity index (χ0) is 13.3. The van der Waals surface area contributed by atoms with Gasteiger partial charge in [0.05, 0.1) is 5.02 Å². The molecule has 2 aromatic carbocycles. The van der Waals surface area contributed by atoms with E-state index < -0.39 is 0 Å². The number of rotatable bonds is 2. The van der Waals surface area contributed by atoms with E-state index in [2.05, 4.69) is 15.9 Å². The van der Waals surface area contributed by atoms with E-state index in [0.29, 0.717) is 16.1 Å². The molecule has 0 spiro atoms. The molecule has 0 aliphatic carbocycles. The van der Waals surface area contributed by atoms with Crippen LogP contribution >= 0.6 is 27.5 Å². The molecule has 2 rings (SSSR count).